The Morgan fingerprint density at radius 3 is 2.63 bits per heavy atom. The molecule has 0 aromatic carbocycles. The molecule has 4 nitrogen and oxygen atoms in total. The molecule has 0 radical (unpaired) electrons. The maximum atomic E-state index is 10.0. The van der Waals surface area contributed by atoms with Crippen molar-refractivity contribution in [3.05, 3.63) is 23.4 Å². The summed E-state index contributed by atoms with van der Waals surface area (Å²) in [5.41, 5.74) is 3.77. The van der Waals surface area contributed by atoms with E-state index in [1.807, 2.05) is 10.6 Å². The average Bonchev–Trinajstić information content (AvgIpc) is 2.67. The van der Waals surface area contributed by atoms with Crippen LogP contribution in [0.4, 0.5) is 0 Å². The second-order valence-electron chi connectivity index (χ2n) is 5.09. The molecule has 102 valence electrons. The molecule has 0 aliphatic carbocycles. The molecule has 0 fully saturated rings. The van der Waals surface area contributed by atoms with Crippen molar-refractivity contribution in [1.82, 2.24) is 14.5 Å². The number of pyridine rings is 1. The van der Waals surface area contributed by atoms with Crippen molar-refractivity contribution in [3.63, 3.8) is 0 Å². The molecular weight excluding hydrogens is 238 g/mol. The van der Waals surface area contributed by atoms with E-state index < -0.39 is 0 Å². The van der Waals surface area contributed by atoms with Crippen LogP contribution in [0.25, 0.3) is 17.2 Å². The van der Waals surface area contributed by atoms with Crippen LogP contribution in [0.5, 0.6) is 6.01 Å². The molecule has 2 heterocycles. The number of hydrogen-bond acceptors (Lipinski definition) is 3. The van der Waals surface area contributed by atoms with Gasteiger partial charge < -0.3 is 5.11 Å². The summed E-state index contributed by atoms with van der Waals surface area (Å²) in [4.78, 5) is 8.47. The highest BCUT2D eigenvalue weighted by atomic mass is 16.3. The fourth-order valence-corrected chi connectivity index (χ4v) is 2.41. The molecule has 0 aliphatic heterocycles. The Bertz CT molecular complexity index is 605. The first-order chi connectivity index (χ1) is 9.06. The molecule has 0 atom stereocenters. The molecule has 0 spiro atoms. The van der Waals surface area contributed by atoms with Gasteiger partial charge in [-0.3, -0.25) is 4.57 Å². The lowest BCUT2D eigenvalue weighted by atomic mass is 10.1. The maximum absolute atomic E-state index is 10.0. The smallest absolute Gasteiger partial charge is 0.296 e. The van der Waals surface area contributed by atoms with Gasteiger partial charge in [-0.1, -0.05) is 25.5 Å². The zero-order valence-electron chi connectivity index (χ0n) is 12.0. The van der Waals surface area contributed by atoms with Gasteiger partial charge in [0.1, 0.15) is 0 Å². The van der Waals surface area contributed by atoms with E-state index in [1.54, 1.807) is 6.20 Å². The van der Waals surface area contributed by atoms with Gasteiger partial charge in [0.15, 0.2) is 5.65 Å². The summed E-state index contributed by atoms with van der Waals surface area (Å²) in [7, 11) is 0. The van der Waals surface area contributed by atoms with Gasteiger partial charge in [-0.05, 0) is 38.3 Å². The number of aromatic hydroxyl groups is 1. The van der Waals surface area contributed by atoms with E-state index in [9.17, 15) is 5.11 Å². The lowest BCUT2D eigenvalue weighted by Crippen LogP contribution is -2.06. The van der Waals surface area contributed by atoms with Crippen LogP contribution in [0.2, 0.25) is 0 Å². The van der Waals surface area contributed by atoms with Crippen molar-refractivity contribution >= 4 is 17.2 Å². The first-order valence-corrected chi connectivity index (χ1v) is 6.78. The van der Waals surface area contributed by atoms with Gasteiger partial charge in [-0.2, -0.15) is 4.98 Å². The SMILES string of the molecule is CCC(CC)n1c(O)nc2ncc(C=C(C)C)cc21. The lowest BCUT2D eigenvalue weighted by molar-refractivity contribution is 0.361. The van der Waals surface area contributed by atoms with Crippen LogP contribution in [-0.4, -0.2) is 19.6 Å². The van der Waals surface area contributed by atoms with Gasteiger partial charge in [0.2, 0.25) is 0 Å². The van der Waals surface area contributed by atoms with E-state index in [0.717, 1.165) is 23.9 Å². The third-order valence-electron chi connectivity index (χ3n) is 3.31. The molecule has 0 saturated carbocycles. The normalized spacial score (nSPS) is 11.2. The lowest BCUT2D eigenvalue weighted by Gasteiger charge is -2.16. The summed E-state index contributed by atoms with van der Waals surface area (Å²) >= 11 is 0. The second-order valence-corrected chi connectivity index (χ2v) is 5.09. The highest BCUT2D eigenvalue weighted by Gasteiger charge is 2.17. The average molecular weight is 259 g/mol. The third kappa shape index (κ3) is 2.62. The number of imidazole rings is 1. The molecule has 2 aromatic rings. The number of nitrogens with zero attached hydrogens (tertiary/aromatic N) is 3. The van der Waals surface area contributed by atoms with E-state index in [4.69, 9.17) is 0 Å². The molecule has 0 bridgehead atoms. The number of fused-ring (bicyclic) bond motifs is 1. The van der Waals surface area contributed by atoms with Gasteiger partial charge in [0.25, 0.3) is 6.01 Å². The van der Waals surface area contributed by atoms with Crippen molar-refractivity contribution in [2.75, 3.05) is 0 Å². The van der Waals surface area contributed by atoms with E-state index in [1.165, 1.54) is 5.57 Å². The summed E-state index contributed by atoms with van der Waals surface area (Å²) in [6.45, 7) is 8.35. The van der Waals surface area contributed by atoms with E-state index in [2.05, 4.69) is 43.7 Å². The predicted molar refractivity (Wildman–Crippen MR) is 78.1 cm³/mol. The van der Waals surface area contributed by atoms with Crippen molar-refractivity contribution in [2.45, 2.75) is 46.6 Å². The second kappa shape index (κ2) is 5.43. The Morgan fingerprint density at radius 1 is 1.37 bits per heavy atom. The maximum Gasteiger partial charge on any atom is 0.296 e. The zero-order valence-corrected chi connectivity index (χ0v) is 12.0. The quantitative estimate of drug-likeness (QED) is 0.905. The molecule has 0 saturated heterocycles. The van der Waals surface area contributed by atoms with Crippen LogP contribution >= 0.6 is 0 Å². The first kappa shape index (κ1) is 13.6. The molecule has 1 N–H and O–H groups in total. The van der Waals surface area contributed by atoms with Gasteiger partial charge in [0.05, 0.1) is 5.52 Å². The molecule has 2 rings (SSSR count). The van der Waals surface area contributed by atoms with Crippen LogP contribution in [-0.2, 0) is 0 Å². The Kier molecular flexibility index (Phi) is 3.88. The molecule has 0 unspecified atom stereocenters. The Morgan fingerprint density at radius 2 is 2.05 bits per heavy atom. The summed E-state index contributed by atoms with van der Waals surface area (Å²) < 4.78 is 1.89. The van der Waals surface area contributed by atoms with E-state index >= 15 is 0 Å². The minimum Gasteiger partial charge on any atom is -0.480 e. The zero-order chi connectivity index (χ0) is 14.0. The van der Waals surface area contributed by atoms with Crippen molar-refractivity contribution in [2.24, 2.45) is 0 Å². The fourth-order valence-electron chi connectivity index (χ4n) is 2.41. The van der Waals surface area contributed by atoms with Crippen LogP contribution in [0.15, 0.2) is 17.8 Å². The largest absolute Gasteiger partial charge is 0.480 e. The van der Waals surface area contributed by atoms with Gasteiger partial charge >= 0.3 is 0 Å². The number of aromatic nitrogens is 3. The molecule has 0 amide bonds. The first-order valence-electron chi connectivity index (χ1n) is 6.78. The summed E-state index contributed by atoms with van der Waals surface area (Å²) in [6.07, 6.45) is 5.79. The Balaban J connectivity index is 2.62. The third-order valence-corrected chi connectivity index (χ3v) is 3.31. The van der Waals surface area contributed by atoms with Crippen LogP contribution < -0.4 is 0 Å². The minimum absolute atomic E-state index is 0.0607. The van der Waals surface area contributed by atoms with Gasteiger partial charge in [-0.25, -0.2) is 4.98 Å². The van der Waals surface area contributed by atoms with E-state index in [0.29, 0.717) is 5.65 Å². The van der Waals surface area contributed by atoms with Crippen molar-refractivity contribution < 1.29 is 5.11 Å². The predicted octanol–water partition coefficient (Wildman–Crippen LogP) is 3.92. The molecular formula is C15H21N3O. The summed E-state index contributed by atoms with van der Waals surface area (Å²) in [5, 5.41) is 10.0. The number of hydrogen-bond donors (Lipinski definition) is 1. The molecule has 19 heavy (non-hydrogen) atoms. The summed E-state index contributed by atoms with van der Waals surface area (Å²) in [6, 6.07) is 2.36. The van der Waals surface area contributed by atoms with Gasteiger partial charge in [0, 0.05) is 12.2 Å². The standard InChI is InChI=1S/C15H21N3O/c1-5-12(6-2)18-13-8-11(7-10(3)4)9-16-14(13)17-15(18)19/h7-9,12H,5-6H2,1-4H3,(H,16,17,19). The van der Waals surface area contributed by atoms with Crippen molar-refractivity contribution in [1.29, 1.82) is 0 Å². The Labute approximate surface area is 113 Å². The summed E-state index contributed by atoms with van der Waals surface area (Å²) in [5.74, 6) is 0. The fraction of sp³-hybridized carbons (Fsp3) is 0.467. The van der Waals surface area contributed by atoms with E-state index in [-0.39, 0.29) is 12.1 Å². The van der Waals surface area contributed by atoms with Gasteiger partial charge in [-0.15, -0.1) is 0 Å². The molecule has 2 aromatic heterocycles. The number of allylic oxidation sites excluding steroid dienone is 1. The van der Waals surface area contributed by atoms with Crippen LogP contribution in [0.1, 0.15) is 52.1 Å². The topological polar surface area (TPSA) is 50.9 Å². The number of rotatable bonds is 4. The van der Waals surface area contributed by atoms with Crippen LogP contribution in [0, 0.1) is 0 Å². The Hall–Kier alpha value is -1.84. The highest BCUT2D eigenvalue weighted by Crippen LogP contribution is 2.28. The highest BCUT2D eigenvalue weighted by molar-refractivity contribution is 5.75. The molecule has 4 heteroatoms. The van der Waals surface area contributed by atoms with Crippen molar-refractivity contribution in [3.8, 4) is 6.01 Å². The monoisotopic (exact) mass is 259 g/mol. The molecule has 0 aliphatic rings. The minimum atomic E-state index is 0.0607. The van der Waals surface area contributed by atoms with Crippen LogP contribution in [0.3, 0.4) is 0 Å².